The first-order chi connectivity index (χ1) is 6.18. The molecule has 1 aromatic carbocycles. The van der Waals surface area contributed by atoms with Gasteiger partial charge in [-0.25, -0.2) is 0 Å². The molecule has 0 radical (unpaired) electrons. The van der Waals surface area contributed by atoms with Gasteiger partial charge in [-0.05, 0) is 23.6 Å². The normalized spacial score (nSPS) is 11.4. The highest BCUT2D eigenvalue weighted by Crippen LogP contribution is 2.29. The quantitative estimate of drug-likeness (QED) is 0.663. The van der Waals surface area contributed by atoms with E-state index in [2.05, 4.69) is 19.9 Å². The molecule has 0 spiro atoms. The summed E-state index contributed by atoms with van der Waals surface area (Å²) in [5, 5.41) is 1.91. The minimum absolute atomic E-state index is 0.451. The van der Waals surface area contributed by atoms with Gasteiger partial charge in [0.2, 0.25) is 0 Å². The molecular weight excluding hydrogens is 184 g/mol. The summed E-state index contributed by atoms with van der Waals surface area (Å²) in [5.74, 6) is 0.451. The summed E-state index contributed by atoms with van der Waals surface area (Å²) in [6.45, 7) is 4.26. The molecule has 68 valence electrons. The van der Waals surface area contributed by atoms with E-state index in [1.54, 1.807) is 6.26 Å². The molecule has 0 amide bonds. The fourth-order valence-corrected chi connectivity index (χ4v) is 1.82. The van der Waals surface area contributed by atoms with Gasteiger partial charge in [0.05, 0.1) is 6.26 Å². The summed E-state index contributed by atoms with van der Waals surface area (Å²) in [6, 6.07) is 5.93. The number of hydrogen-bond donors (Lipinski definition) is 0. The van der Waals surface area contributed by atoms with Gasteiger partial charge in [-0.2, -0.15) is 0 Å². The minimum atomic E-state index is 0.451. The molecular formula is C11H11ClO. The topological polar surface area (TPSA) is 13.1 Å². The van der Waals surface area contributed by atoms with Crippen LogP contribution in [0.1, 0.15) is 25.3 Å². The molecule has 2 heteroatoms. The van der Waals surface area contributed by atoms with E-state index in [-0.39, 0.29) is 0 Å². The third kappa shape index (κ3) is 1.44. The van der Waals surface area contributed by atoms with Crippen molar-refractivity contribution >= 4 is 22.6 Å². The van der Waals surface area contributed by atoms with Crippen LogP contribution in [0.15, 0.2) is 28.9 Å². The summed E-state index contributed by atoms with van der Waals surface area (Å²) in [6.07, 6.45) is 1.69. The Morgan fingerprint density at radius 1 is 1.31 bits per heavy atom. The van der Waals surface area contributed by atoms with Crippen molar-refractivity contribution in [1.82, 2.24) is 0 Å². The van der Waals surface area contributed by atoms with Crippen molar-refractivity contribution in [3.63, 3.8) is 0 Å². The first kappa shape index (κ1) is 8.64. The van der Waals surface area contributed by atoms with Crippen molar-refractivity contribution in [1.29, 1.82) is 0 Å². The van der Waals surface area contributed by atoms with Crippen LogP contribution in [0.25, 0.3) is 11.0 Å². The van der Waals surface area contributed by atoms with E-state index in [4.69, 9.17) is 16.0 Å². The van der Waals surface area contributed by atoms with E-state index in [1.165, 1.54) is 5.56 Å². The average Bonchev–Trinajstić information content (AvgIpc) is 2.48. The number of halogens is 1. The lowest BCUT2D eigenvalue weighted by Gasteiger charge is -2.07. The van der Waals surface area contributed by atoms with Crippen LogP contribution >= 0.6 is 11.6 Å². The molecule has 2 rings (SSSR count). The zero-order valence-corrected chi connectivity index (χ0v) is 8.43. The summed E-state index contributed by atoms with van der Waals surface area (Å²) in [4.78, 5) is 0. The fourth-order valence-electron chi connectivity index (χ4n) is 1.44. The summed E-state index contributed by atoms with van der Waals surface area (Å²) in [5.41, 5.74) is 2.03. The predicted octanol–water partition coefficient (Wildman–Crippen LogP) is 4.21. The minimum Gasteiger partial charge on any atom is -0.464 e. The molecule has 13 heavy (non-hydrogen) atoms. The maximum Gasteiger partial charge on any atom is 0.135 e. The molecule has 1 nitrogen and oxygen atoms in total. The SMILES string of the molecule is CC(C)c1cc2ccoc2cc1Cl. The monoisotopic (exact) mass is 194 g/mol. The predicted molar refractivity (Wildman–Crippen MR) is 55.3 cm³/mol. The summed E-state index contributed by atoms with van der Waals surface area (Å²) in [7, 11) is 0. The lowest BCUT2D eigenvalue weighted by atomic mass is 10.0. The van der Waals surface area contributed by atoms with E-state index in [0.29, 0.717) is 5.92 Å². The van der Waals surface area contributed by atoms with Crippen LogP contribution in [0.4, 0.5) is 0 Å². The fraction of sp³-hybridized carbons (Fsp3) is 0.273. The van der Waals surface area contributed by atoms with Gasteiger partial charge in [-0.1, -0.05) is 25.4 Å². The molecule has 0 unspecified atom stereocenters. The Hall–Kier alpha value is -0.950. The Morgan fingerprint density at radius 2 is 2.08 bits per heavy atom. The summed E-state index contributed by atoms with van der Waals surface area (Å²) < 4.78 is 5.25. The molecule has 0 aliphatic heterocycles. The standard InChI is InChI=1S/C11H11ClO/c1-7(2)9-5-8-3-4-13-11(8)6-10(9)12/h3-7H,1-2H3. The summed E-state index contributed by atoms with van der Waals surface area (Å²) >= 11 is 6.10. The van der Waals surface area contributed by atoms with Crippen molar-refractivity contribution in [3.8, 4) is 0 Å². The van der Waals surface area contributed by atoms with Gasteiger partial charge < -0.3 is 4.42 Å². The smallest absolute Gasteiger partial charge is 0.135 e. The van der Waals surface area contributed by atoms with Gasteiger partial charge >= 0.3 is 0 Å². The first-order valence-electron chi connectivity index (χ1n) is 4.35. The molecule has 0 saturated heterocycles. The van der Waals surface area contributed by atoms with E-state index in [0.717, 1.165) is 16.0 Å². The maximum absolute atomic E-state index is 6.10. The molecule has 0 fully saturated rings. The van der Waals surface area contributed by atoms with Crippen LogP contribution in [0.5, 0.6) is 0 Å². The highest BCUT2D eigenvalue weighted by atomic mass is 35.5. The van der Waals surface area contributed by atoms with E-state index < -0.39 is 0 Å². The van der Waals surface area contributed by atoms with Gasteiger partial charge in [-0.3, -0.25) is 0 Å². The van der Waals surface area contributed by atoms with E-state index in [1.807, 2.05) is 12.1 Å². The third-order valence-electron chi connectivity index (χ3n) is 2.19. The van der Waals surface area contributed by atoms with Crippen LogP contribution in [-0.4, -0.2) is 0 Å². The Bertz CT molecular complexity index is 429. The molecule has 0 atom stereocenters. The number of benzene rings is 1. The second-order valence-corrected chi connectivity index (χ2v) is 3.89. The molecule has 0 saturated carbocycles. The zero-order valence-electron chi connectivity index (χ0n) is 7.67. The van der Waals surface area contributed by atoms with E-state index >= 15 is 0 Å². The molecule has 0 aliphatic rings. The lowest BCUT2D eigenvalue weighted by Crippen LogP contribution is -1.87. The highest BCUT2D eigenvalue weighted by Gasteiger charge is 2.07. The van der Waals surface area contributed by atoms with Crippen molar-refractivity contribution < 1.29 is 4.42 Å². The Labute approximate surface area is 82.3 Å². The Morgan fingerprint density at radius 3 is 2.77 bits per heavy atom. The molecule has 2 aromatic rings. The van der Waals surface area contributed by atoms with Crippen LogP contribution in [0.2, 0.25) is 5.02 Å². The van der Waals surface area contributed by atoms with Gasteiger partial charge in [0.25, 0.3) is 0 Å². The van der Waals surface area contributed by atoms with Gasteiger partial charge in [-0.15, -0.1) is 0 Å². The first-order valence-corrected chi connectivity index (χ1v) is 4.73. The average molecular weight is 195 g/mol. The van der Waals surface area contributed by atoms with Gasteiger partial charge in [0.1, 0.15) is 5.58 Å². The molecule has 0 bridgehead atoms. The number of hydrogen-bond acceptors (Lipinski definition) is 1. The maximum atomic E-state index is 6.10. The molecule has 0 aliphatic carbocycles. The van der Waals surface area contributed by atoms with Crippen molar-refractivity contribution in [3.05, 3.63) is 35.0 Å². The Balaban J connectivity index is 2.69. The molecule has 0 N–H and O–H groups in total. The van der Waals surface area contributed by atoms with Crippen molar-refractivity contribution in [2.24, 2.45) is 0 Å². The van der Waals surface area contributed by atoms with Crippen molar-refractivity contribution in [2.75, 3.05) is 0 Å². The van der Waals surface area contributed by atoms with Gasteiger partial charge in [0, 0.05) is 16.5 Å². The molecule has 1 heterocycles. The third-order valence-corrected chi connectivity index (χ3v) is 2.52. The second kappa shape index (κ2) is 3.08. The van der Waals surface area contributed by atoms with E-state index in [9.17, 15) is 0 Å². The number of furan rings is 1. The largest absolute Gasteiger partial charge is 0.464 e. The second-order valence-electron chi connectivity index (χ2n) is 3.49. The lowest BCUT2D eigenvalue weighted by molar-refractivity contribution is 0.615. The Kier molecular flexibility index (Phi) is 2.04. The van der Waals surface area contributed by atoms with Crippen LogP contribution in [0.3, 0.4) is 0 Å². The number of fused-ring (bicyclic) bond motifs is 1. The van der Waals surface area contributed by atoms with Crippen molar-refractivity contribution in [2.45, 2.75) is 19.8 Å². The number of rotatable bonds is 1. The van der Waals surface area contributed by atoms with Crippen LogP contribution in [0, 0.1) is 0 Å². The van der Waals surface area contributed by atoms with Gasteiger partial charge in [0.15, 0.2) is 0 Å². The van der Waals surface area contributed by atoms with Crippen LogP contribution < -0.4 is 0 Å². The molecule has 1 aromatic heterocycles. The van der Waals surface area contributed by atoms with Crippen LogP contribution in [-0.2, 0) is 0 Å². The highest BCUT2D eigenvalue weighted by molar-refractivity contribution is 6.32. The zero-order chi connectivity index (χ0) is 9.42.